The maximum absolute atomic E-state index is 13.2. The molecule has 2 aromatic rings. The molecule has 1 unspecified atom stereocenters. The predicted octanol–water partition coefficient (Wildman–Crippen LogP) is 5.13. The van der Waals surface area contributed by atoms with E-state index in [9.17, 15) is 18.0 Å². The summed E-state index contributed by atoms with van der Waals surface area (Å²) >= 11 is 0. The molecule has 3 aliphatic rings. The molecule has 2 heterocycles. The lowest BCUT2D eigenvalue weighted by atomic mass is 9.92. The first-order valence-electron chi connectivity index (χ1n) is 10.7. The zero-order chi connectivity index (χ0) is 20.9. The van der Waals surface area contributed by atoms with Gasteiger partial charge in [0.05, 0.1) is 11.6 Å². The Kier molecular flexibility index (Phi) is 4.85. The van der Waals surface area contributed by atoms with Gasteiger partial charge in [-0.1, -0.05) is 24.3 Å². The van der Waals surface area contributed by atoms with Crippen LogP contribution in [0.5, 0.6) is 0 Å². The van der Waals surface area contributed by atoms with E-state index in [4.69, 9.17) is 0 Å². The van der Waals surface area contributed by atoms with E-state index in [1.807, 2.05) is 6.07 Å². The van der Waals surface area contributed by atoms with Crippen molar-refractivity contribution in [2.45, 2.75) is 43.8 Å². The Morgan fingerprint density at radius 2 is 1.63 bits per heavy atom. The molecule has 0 aromatic heterocycles. The third kappa shape index (κ3) is 3.41. The molecule has 5 rings (SSSR count). The molecule has 2 saturated heterocycles. The minimum absolute atomic E-state index is 0.0931. The minimum atomic E-state index is -4.33. The molecule has 1 aliphatic carbocycles. The molecule has 0 spiro atoms. The van der Waals surface area contributed by atoms with Crippen molar-refractivity contribution >= 4 is 5.91 Å². The first-order chi connectivity index (χ1) is 14.4. The monoisotopic (exact) mass is 414 g/mol. The van der Waals surface area contributed by atoms with E-state index in [0.29, 0.717) is 5.92 Å². The highest BCUT2D eigenvalue weighted by atomic mass is 19.4. The highest BCUT2D eigenvalue weighted by Crippen LogP contribution is 2.50. The van der Waals surface area contributed by atoms with Crippen LogP contribution in [-0.2, 0) is 11.0 Å². The van der Waals surface area contributed by atoms with Crippen LogP contribution >= 0.6 is 0 Å². The maximum Gasteiger partial charge on any atom is 0.416 e. The number of hydrogen-bond donors (Lipinski definition) is 1. The summed E-state index contributed by atoms with van der Waals surface area (Å²) in [6.07, 6.45) is -0.598. The second-order valence-corrected chi connectivity index (χ2v) is 8.71. The van der Waals surface area contributed by atoms with Crippen LogP contribution in [-0.4, -0.2) is 30.4 Å². The number of rotatable bonds is 2. The summed E-state index contributed by atoms with van der Waals surface area (Å²) in [6.45, 7) is 2.58. The molecule has 3 nitrogen and oxygen atoms in total. The normalized spacial score (nSPS) is 24.0. The average Bonchev–Trinajstić information content (AvgIpc) is 3.05. The highest BCUT2D eigenvalue weighted by Gasteiger charge is 2.42. The van der Waals surface area contributed by atoms with Gasteiger partial charge in [-0.2, -0.15) is 13.2 Å². The molecule has 0 saturated carbocycles. The SMILES string of the molecule is O=C(C1CCNCC1)N1CC[C@H]2CC1c1cc(-c3ccc(C(F)(F)F)cc3)ccc12. The fraction of sp³-hybridized carbons (Fsp3) is 0.458. The van der Waals surface area contributed by atoms with E-state index in [1.165, 1.54) is 23.3 Å². The Bertz CT molecular complexity index is 948. The van der Waals surface area contributed by atoms with Crippen molar-refractivity contribution in [3.63, 3.8) is 0 Å². The molecule has 6 heteroatoms. The van der Waals surface area contributed by atoms with E-state index >= 15 is 0 Å². The number of nitrogens with zero attached hydrogens (tertiary/aromatic N) is 1. The number of fused-ring (bicyclic) bond motifs is 5. The number of carbonyl (C=O) groups excluding carboxylic acids is 1. The summed E-state index contributed by atoms with van der Waals surface area (Å²) < 4.78 is 38.6. The molecule has 158 valence electrons. The average molecular weight is 414 g/mol. The summed E-state index contributed by atoms with van der Waals surface area (Å²) in [6, 6.07) is 11.6. The first kappa shape index (κ1) is 19.6. The summed E-state index contributed by atoms with van der Waals surface area (Å²) in [4.78, 5) is 15.3. The second-order valence-electron chi connectivity index (χ2n) is 8.71. The van der Waals surface area contributed by atoms with Gasteiger partial charge in [0.15, 0.2) is 0 Å². The van der Waals surface area contributed by atoms with E-state index in [0.717, 1.165) is 68.6 Å². The summed E-state index contributed by atoms with van der Waals surface area (Å²) in [5.41, 5.74) is 3.52. The minimum Gasteiger partial charge on any atom is -0.335 e. The molecular weight excluding hydrogens is 389 g/mol. The number of carbonyl (C=O) groups is 1. The molecule has 2 aliphatic heterocycles. The number of benzene rings is 2. The van der Waals surface area contributed by atoms with Gasteiger partial charge < -0.3 is 10.2 Å². The van der Waals surface area contributed by atoms with Crippen molar-refractivity contribution in [3.8, 4) is 11.1 Å². The van der Waals surface area contributed by atoms with Crippen molar-refractivity contribution in [2.75, 3.05) is 19.6 Å². The lowest BCUT2D eigenvalue weighted by Gasteiger charge is -2.37. The van der Waals surface area contributed by atoms with Crippen molar-refractivity contribution in [1.82, 2.24) is 10.2 Å². The fourth-order valence-electron chi connectivity index (χ4n) is 5.38. The molecule has 2 aromatic carbocycles. The Morgan fingerprint density at radius 3 is 2.33 bits per heavy atom. The number of halogens is 3. The standard InChI is InChI=1S/C24H25F3N2O/c25-24(26,27)19-4-1-15(2-5-19)17-3-6-20-18-9-12-29(22(14-18)21(20)13-17)23(30)16-7-10-28-11-8-16/h1-6,13,16,18,22,28H,7-12,14H2/t18-,22?/m0/s1. The van der Waals surface area contributed by atoms with Gasteiger partial charge in [-0.15, -0.1) is 0 Å². The molecule has 2 fully saturated rings. The van der Waals surface area contributed by atoms with Crippen molar-refractivity contribution in [2.24, 2.45) is 5.92 Å². The molecular formula is C24H25F3N2O. The number of amides is 1. The predicted molar refractivity (Wildman–Crippen MR) is 109 cm³/mol. The number of nitrogens with one attached hydrogen (secondary N) is 1. The summed E-state index contributed by atoms with van der Waals surface area (Å²) in [5.74, 6) is 0.849. The molecule has 1 N–H and O–H groups in total. The number of alkyl halides is 3. The molecule has 30 heavy (non-hydrogen) atoms. The number of likely N-dealkylation sites (tertiary alicyclic amines) is 1. The molecule has 1 amide bonds. The van der Waals surface area contributed by atoms with Gasteiger partial charge in [-0.3, -0.25) is 4.79 Å². The zero-order valence-electron chi connectivity index (χ0n) is 16.7. The summed E-state index contributed by atoms with van der Waals surface area (Å²) in [7, 11) is 0. The smallest absolute Gasteiger partial charge is 0.335 e. The van der Waals surface area contributed by atoms with Crippen molar-refractivity contribution < 1.29 is 18.0 Å². The van der Waals surface area contributed by atoms with Crippen LogP contribution in [0.15, 0.2) is 42.5 Å². The largest absolute Gasteiger partial charge is 0.416 e. The molecule has 0 radical (unpaired) electrons. The quantitative estimate of drug-likeness (QED) is 0.739. The Morgan fingerprint density at radius 1 is 0.933 bits per heavy atom. The Labute approximate surface area is 174 Å². The topological polar surface area (TPSA) is 32.3 Å². The first-order valence-corrected chi connectivity index (χ1v) is 10.7. The Balaban J connectivity index is 1.43. The number of piperidine rings is 2. The zero-order valence-corrected chi connectivity index (χ0v) is 16.7. The van der Waals surface area contributed by atoms with Crippen LogP contribution < -0.4 is 5.32 Å². The van der Waals surface area contributed by atoms with Crippen LogP contribution in [0.25, 0.3) is 11.1 Å². The van der Waals surface area contributed by atoms with Crippen LogP contribution in [0.4, 0.5) is 13.2 Å². The molecule has 2 bridgehead atoms. The number of hydrogen-bond acceptors (Lipinski definition) is 2. The van der Waals surface area contributed by atoms with E-state index < -0.39 is 11.7 Å². The van der Waals surface area contributed by atoms with Gasteiger partial charge in [-0.25, -0.2) is 0 Å². The van der Waals surface area contributed by atoms with Crippen molar-refractivity contribution in [3.05, 3.63) is 59.2 Å². The lowest BCUT2D eigenvalue weighted by molar-refractivity contribution is -0.140. The van der Waals surface area contributed by atoms with E-state index in [1.54, 1.807) is 0 Å². The van der Waals surface area contributed by atoms with Gasteiger partial charge in [0.1, 0.15) is 0 Å². The molecule has 2 atom stereocenters. The van der Waals surface area contributed by atoms with Crippen LogP contribution in [0.2, 0.25) is 0 Å². The van der Waals surface area contributed by atoms with Gasteiger partial charge in [0.25, 0.3) is 0 Å². The third-order valence-corrected chi connectivity index (χ3v) is 7.01. The van der Waals surface area contributed by atoms with Crippen LogP contribution in [0, 0.1) is 5.92 Å². The maximum atomic E-state index is 13.2. The van der Waals surface area contributed by atoms with Gasteiger partial charge in [0.2, 0.25) is 5.91 Å². The summed E-state index contributed by atoms with van der Waals surface area (Å²) in [5, 5.41) is 3.32. The lowest BCUT2D eigenvalue weighted by Crippen LogP contribution is -2.44. The second kappa shape index (κ2) is 7.41. The fourth-order valence-corrected chi connectivity index (χ4v) is 5.38. The van der Waals surface area contributed by atoms with Crippen LogP contribution in [0.3, 0.4) is 0 Å². The van der Waals surface area contributed by atoms with E-state index in [2.05, 4.69) is 22.3 Å². The van der Waals surface area contributed by atoms with E-state index in [-0.39, 0.29) is 17.9 Å². The Hall–Kier alpha value is -2.34. The third-order valence-electron chi connectivity index (χ3n) is 7.01. The van der Waals surface area contributed by atoms with Crippen molar-refractivity contribution in [1.29, 1.82) is 0 Å². The van der Waals surface area contributed by atoms with Gasteiger partial charge in [0, 0.05) is 12.5 Å². The van der Waals surface area contributed by atoms with Gasteiger partial charge >= 0.3 is 6.18 Å². The van der Waals surface area contributed by atoms with Crippen LogP contribution in [0.1, 0.15) is 54.3 Å². The van der Waals surface area contributed by atoms with Gasteiger partial charge in [-0.05, 0) is 85.1 Å². The highest BCUT2D eigenvalue weighted by molar-refractivity contribution is 5.80.